The molecule has 29 heavy (non-hydrogen) atoms. The van der Waals surface area contributed by atoms with Crippen LogP contribution in [0.5, 0.6) is 5.75 Å². The third-order valence-electron chi connectivity index (χ3n) is 4.04. The molecule has 0 saturated carbocycles. The van der Waals surface area contributed by atoms with E-state index in [1.165, 1.54) is 7.11 Å². The van der Waals surface area contributed by atoms with Gasteiger partial charge in [-0.2, -0.15) is 4.98 Å². The molecule has 1 unspecified atom stereocenters. The van der Waals surface area contributed by atoms with Crippen LogP contribution in [0.3, 0.4) is 0 Å². The van der Waals surface area contributed by atoms with Gasteiger partial charge in [-0.15, -0.1) is 0 Å². The lowest BCUT2D eigenvalue weighted by Gasteiger charge is -2.10. The Kier molecular flexibility index (Phi) is 6.71. The number of ketones is 1. The molecule has 2 aromatic heterocycles. The molecular weight excluding hydrogens is 442 g/mol. The Morgan fingerprint density at radius 2 is 2.07 bits per heavy atom. The highest BCUT2D eigenvalue weighted by molar-refractivity contribution is 9.10. The van der Waals surface area contributed by atoms with Crippen LogP contribution in [0, 0.1) is 0 Å². The summed E-state index contributed by atoms with van der Waals surface area (Å²) in [5, 5.41) is 3.87. The Morgan fingerprint density at radius 1 is 1.24 bits per heavy atom. The molecule has 2 heterocycles. The van der Waals surface area contributed by atoms with Crippen LogP contribution in [0.1, 0.15) is 42.1 Å². The molecule has 0 radical (unpaired) electrons. The van der Waals surface area contributed by atoms with Crippen LogP contribution in [0.25, 0.3) is 11.4 Å². The quantitative estimate of drug-likeness (QED) is 0.365. The van der Waals surface area contributed by atoms with Crippen LogP contribution in [0.4, 0.5) is 0 Å². The van der Waals surface area contributed by atoms with E-state index in [1.54, 1.807) is 49.6 Å². The zero-order valence-corrected chi connectivity index (χ0v) is 17.4. The number of benzene rings is 1. The van der Waals surface area contributed by atoms with Gasteiger partial charge in [-0.05, 0) is 37.3 Å². The average molecular weight is 460 g/mol. The molecule has 0 aliphatic rings. The summed E-state index contributed by atoms with van der Waals surface area (Å²) in [5.74, 6) is 0.212. The van der Waals surface area contributed by atoms with Crippen molar-refractivity contribution in [1.29, 1.82) is 0 Å². The van der Waals surface area contributed by atoms with Gasteiger partial charge in [-0.3, -0.25) is 14.6 Å². The number of hydrogen-bond donors (Lipinski definition) is 0. The Balaban J connectivity index is 1.56. The first kappa shape index (κ1) is 20.7. The van der Waals surface area contributed by atoms with E-state index in [4.69, 9.17) is 14.0 Å². The van der Waals surface area contributed by atoms with E-state index in [9.17, 15) is 9.59 Å². The van der Waals surface area contributed by atoms with Gasteiger partial charge in [0.15, 0.2) is 11.9 Å². The topological polar surface area (TPSA) is 104 Å². The zero-order chi connectivity index (χ0) is 20.8. The van der Waals surface area contributed by atoms with Crippen molar-refractivity contribution in [3.63, 3.8) is 0 Å². The summed E-state index contributed by atoms with van der Waals surface area (Å²) in [6.07, 6.45) is 2.41. The van der Waals surface area contributed by atoms with Gasteiger partial charge < -0.3 is 14.0 Å². The number of hydrogen-bond acceptors (Lipinski definition) is 8. The van der Waals surface area contributed by atoms with E-state index >= 15 is 0 Å². The molecule has 0 amide bonds. The summed E-state index contributed by atoms with van der Waals surface area (Å²) in [4.78, 5) is 32.8. The Morgan fingerprint density at radius 3 is 2.79 bits per heavy atom. The van der Waals surface area contributed by atoms with Crippen molar-refractivity contribution < 1.29 is 23.6 Å². The highest BCUT2D eigenvalue weighted by Gasteiger charge is 2.21. The number of carbonyl (C=O) groups is 2. The first-order chi connectivity index (χ1) is 14.0. The van der Waals surface area contributed by atoms with E-state index in [1.807, 2.05) is 0 Å². The monoisotopic (exact) mass is 459 g/mol. The second kappa shape index (κ2) is 9.42. The van der Waals surface area contributed by atoms with E-state index in [2.05, 4.69) is 31.1 Å². The van der Waals surface area contributed by atoms with E-state index < -0.39 is 12.1 Å². The smallest absolute Gasteiger partial charge is 0.307 e. The lowest BCUT2D eigenvalue weighted by molar-refractivity contribution is -0.149. The highest BCUT2D eigenvalue weighted by atomic mass is 79.9. The maximum Gasteiger partial charge on any atom is 0.307 e. The van der Waals surface area contributed by atoms with Crippen LogP contribution in [-0.2, 0) is 9.53 Å². The molecule has 1 aromatic carbocycles. The Hall–Kier alpha value is -3.07. The van der Waals surface area contributed by atoms with Crippen LogP contribution < -0.4 is 4.74 Å². The molecule has 0 aliphatic heterocycles. The maximum atomic E-state index is 12.4. The number of methoxy groups -OCH3 is 1. The van der Waals surface area contributed by atoms with E-state index in [-0.39, 0.29) is 24.5 Å². The van der Waals surface area contributed by atoms with Crippen LogP contribution >= 0.6 is 15.9 Å². The average Bonchev–Trinajstić information content (AvgIpc) is 3.23. The SMILES string of the molecule is COc1ccc(Br)cc1C(=O)CCC(=O)OC(C)c1nc(-c2cccnc2)no1. The molecule has 0 N–H and O–H groups in total. The molecule has 1 atom stereocenters. The van der Waals surface area contributed by atoms with Crippen molar-refractivity contribution >= 4 is 27.7 Å². The molecule has 8 nitrogen and oxygen atoms in total. The molecular formula is C20H18BrN3O5. The molecule has 150 valence electrons. The molecule has 0 fully saturated rings. The van der Waals surface area contributed by atoms with Crippen molar-refractivity contribution in [2.75, 3.05) is 7.11 Å². The molecule has 0 aliphatic carbocycles. The minimum Gasteiger partial charge on any atom is -0.496 e. The summed E-state index contributed by atoms with van der Waals surface area (Å²) in [6, 6.07) is 8.67. The third-order valence-corrected chi connectivity index (χ3v) is 4.53. The summed E-state index contributed by atoms with van der Waals surface area (Å²) < 4.78 is 16.4. The number of pyridine rings is 1. The van der Waals surface area contributed by atoms with Gasteiger partial charge in [-0.1, -0.05) is 21.1 Å². The maximum absolute atomic E-state index is 12.4. The second-order valence-electron chi connectivity index (χ2n) is 6.10. The highest BCUT2D eigenvalue weighted by Crippen LogP contribution is 2.25. The van der Waals surface area contributed by atoms with Gasteiger partial charge in [0.1, 0.15) is 5.75 Å². The Bertz CT molecular complexity index is 1010. The fourth-order valence-corrected chi connectivity index (χ4v) is 2.93. The van der Waals surface area contributed by atoms with Crippen molar-refractivity contribution in [2.45, 2.75) is 25.9 Å². The number of rotatable bonds is 8. The summed E-state index contributed by atoms with van der Waals surface area (Å²) in [5.41, 5.74) is 1.09. The van der Waals surface area contributed by atoms with Crippen LogP contribution in [-0.4, -0.2) is 34.0 Å². The molecule has 3 aromatic rings. The predicted molar refractivity (Wildman–Crippen MR) is 106 cm³/mol. The summed E-state index contributed by atoms with van der Waals surface area (Å²) >= 11 is 3.32. The number of Topliss-reactive ketones (excluding diaryl/α,β-unsaturated/α-hetero) is 1. The van der Waals surface area contributed by atoms with Crippen molar-refractivity contribution in [3.05, 3.63) is 58.7 Å². The lowest BCUT2D eigenvalue weighted by Crippen LogP contribution is -2.12. The molecule has 3 rings (SSSR count). The number of aromatic nitrogens is 3. The van der Waals surface area contributed by atoms with E-state index in [0.29, 0.717) is 22.7 Å². The molecule has 0 bridgehead atoms. The number of halogens is 1. The first-order valence-electron chi connectivity index (χ1n) is 8.78. The van der Waals surface area contributed by atoms with Crippen molar-refractivity contribution in [3.8, 4) is 17.1 Å². The van der Waals surface area contributed by atoms with Crippen molar-refractivity contribution in [2.24, 2.45) is 0 Å². The molecule has 9 heteroatoms. The normalized spacial score (nSPS) is 11.7. The molecule has 0 spiro atoms. The minimum atomic E-state index is -0.740. The van der Waals surface area contributed by atoms with E-state index in [0.717, 1.165) is 4.47 Å². The van der Waals surface area contributed by atoms with Gasteiger partial charge >= 0.3 is 5.97 Å². The molecule has 0 saturated heterocycles. The summed E-state index contributed by atoms with van der Waals surface area (Å²) in [7, 11) is 1.49. The lowest BCUT2D eigenvalue weighted by atomic mass is 10.1. The zero-order valence-electron chi connectivity index (χ0n) is 15.8. The van der Waals surface area contributed by atoms with Gasteiger partial charge in [-0.25, -0.2) is 0 Å². The minimum absolute atomic E-state index is 0.0108. The first-order valence-corrected chi connectivity index (χ1v) is 9.57. The number of nitrogens with zero attached hydrogens (tertiary/aromatic N) is 3. The standard InChI is InChI=1S/C20H18BrN3O5/c1-12(20-23-19(24-29-20)13-4-3-9-22-11-13)28-18(26)8-6-16(25)15-10-14(21)5-7-17(15)27-2/h3-5,7,9-12H,6,8H2,1-2H3. The van der Waals surface area contributed by atoms with Gasteiger partial charge in [0.2, 0.25) is 5.82 Å². The Labute approximate surface area is 175 Å². The fourth-order valence-electron chi connectivity index (χ4n) is 2.57. The van der Waals surface area contributed by atoms with Crippen LogP contribution in [0.15, 0.2) is 51.7 Å². The second-order valence-corrected chi connectivity index (χ2v) is 7.01. The summed E-state index contributed by atoms with van der Waals surface area (Å²) in [6.45, 7) is 1.62. The third kappa shape index (κ3) is 5.26. The van der Waals surface area contributed by atoms with Gasteiger partial charge in [0, 0.05) is 28.9 Å². The number of esters is 1. The van der Waals surface area contributed by atoms with Crippen LogP contribution in [0.2, 0.25) is 0 Å². The van der Waals surface area contributed by atoms with Gasteiger partial charge in [0.25, 0.3) is 5.89 Å². The fraction of sp³-hybridized carbons (Fsp3) is 0.250. The number of carbonyl (C=O) groups excluding carboxylic acids is 2. The number of ether oxygens (including phenoxy) is 2. The largest absolute Gasteiger partial charge is 0.496 e. The van der Waals surface area contributed by atoms with Gasteiger partial charge in [0.05, 0.1) is 19.1 Å². The van der Waals surface area contributed by atoms with Crippen molar-refractivity contribution in [1.82, 2.24) is 15.1 Å². The predicted octanol–water partition coefficient (Wildman–Crippen LogP) is 4.17.